The molecule has 0 radical (unpaired) electrons. The molecule has 148 valence electrons. The average Bonchev–Trinajstić information content (AvgIpc) is 3.38. The second-order valence-electron chi connectivity index (χ2n) is 6.72. The minimum atomic E-state index is -3.44. The highest BCUT2D eigenvalue weighted by atomic mass is 32.2. The molecule has 1 amide bonds. The number of thiophene rings is 1. The van der Waals surface area contributed by atoms with Crippen LogP contribution in [0.3, 0.4) is 0 Å². The van der Waals surface area contributed by atoms with E-state index in [9.17, 15) is 13.2 Å². The monoisotopic (exact) mass is 425 g/mol. The molecule has 0 spiro atoms. The van der Waals surface area contributed by atoms with Gasteiger partial charge < -0.3 is 0 Å². The van der Waals surface area contributed by atoms with E-state index in [4.69, 9.17) is 0 Å². The molecule has 1 atom stereocenters. The van der Waals surface area contributed by atoms with Crippen molar-refractivity contribution >= 4 is 38.7 Å². The molecule has 1 N–H and O–H groups in total. The molecule has 8 heteroatoms. The Labute approximate surface area is 173 Å². The molecule has 0 fully saturated rings. The van der Waals surface area contributed by atoms with Gasteiger partial charge >= 0.3 is 0 Å². The Morgan fingerprint density at radius 2 is 1.79 bits per heavy atom. The number of hydrazone groups is 1. The van der Waals surface area contributed by atoms with Crippen molar-refractivity contribution in [3.63, 3.8) is 0 Å². The summed E-state index contributed by atoms with van der Waals surface area (Å²) in [5.74, 6) is -0.169. The van der Waals surface area contributed by atoms with Gasteiger partial charge in [-0.1, -0.05) is 54.6 Å². The minimum absolute atomic E-state index is 0.169. The standard InChI is InChI=1S/C21H19N3O3S2/c1-29(26,27)23-17-11-6-5-10-16(17)18-14-19(15-8-3-2-4-9-15)24(22-18)21(25)20-12-7-13-28-20/h2-13,19,23H,14H2,1H3. The zero-order chi connectivity index (χ0) is 20.4. The molecule has 0 aliphatic carbocycles. The molecule has 4 rings (SSSR count). The Morgan fingerprint density at radius 1 is 1.07 bits per heavy atom. The fourth-order valence-corrected chi connectivity index (χ4v) is 4.56. The Kier molecular flexibility index (Phi) is 5.21. The van der Waals surface area contributed by atoms with Crippen molar-refractivity contribution in [2.24, 2.45) is 5.10 Å². The summed E-state index contributed by atoms with van der Waals surface area (Å²) >= 11 is 1.37. The van der Waals surface area contributed by atoms with Gasteiger partial charge in [0.1, 0.15) is 0 Å². The number of nitrogens with zero attached hydrogens (tertiary/aromatic N) is 2. The molecule has 1 aliphatic rings. The summed E-state index contributed by atoms with van der Waals surface area (Å²) < 4.78 is 26.1. The highest BCUT2D eigenvalue weighted by Gasteiger charge is 2.34. The molecular formula is C21H19N3O3S2. The van der Waals surface area contributed by atoms with Crippen LogP contribution in [0.5, 0.6) is 0 Å². The van der Waals surface area contributed by atoms with E-state index in [1.165, 1.54) is 16.3 Å². The summed E-state index contributed by atoms with van der Waals surface area (Å²) in [4.78, 5) is 13.7. The second-order valence-corrected chi connectivity index (χ2v) is 9.42. The van der Waals surface area contributed by atoms with Crippen LogP contribution in [0.4, 0.5) is 5.69 Å². The third-order valence-corrected chi connectivity index (χ3v) is 6.02. The van der Waals surface area contributed by atoms with Crippen LogP contribution in [0, 0.1) is 0 Å². The minimum Gasteiger partial charge on any atom is -0.283 e. The van der Waals surface area contributed by atoms with Crippen molar-refractivity contribution < 1.29 is 13.2 Å². The number of nitrogens with one attached hydrogen (secondary N) is 1. The first-order valence-electron chi connectivity index (χ1n) is 8.99. The number of rotatable bonds is 5. The van der Waals surface area contributed by atoms with Crippen LogP contribution in [0.15, 0.2) is 77.2 Å². The van der Waals surface area contributed by atoms with E-state index in [0.29, 0.717) is 28.3 Å². The number of benzene rings is 2. The van der Waals surface area contributed by atoms with E-state index in [1.54, 1.807) is 18.2 Å². The van der Waals surface area contributed by atoms with Crippen LogP contribution < -0.4 is 4.72 Å². The van der Waals surface area contributed by atoms with Crippen LogP contribution >= 0.6 is 11.3 Å². The van der Waals surface area contributed by atoms with E-state index >= 15 is 0 Å². The molecule has 0 saturated carbocycles. The van der Waals surface area contributed by atoms with E-state index < -0.39 is 10.0 Å². The number of hydrogen-bond donors (Lipinski definition) is 1. The van der Waals surface area contributed by atoms with E-state index in [0.717, 1.165) is 11.8 Å². The van der Waals surface area contributed by atoms with Gasteiger partial charge in [0, 0.05) is 12.0 Å². The SMILES string of the molecule is CS(=O)(=O)Nc1ccccc1C1=NN(C(=O)c2cccs2)C(c2ccccc2)C1. The van der Waals surface area contributed by atoms with E-state index in [-0.39, 0.29) is 11.9 Å². The summed E-state index contributed by atoms with van der Waals surface area (Å²) in [5, 5.41) is 8.00. The molecule has 3 aromatic rings. The first kappa shape index (κ1) is 19.4. The van der Waals surface area contributed by atoms with Crippen LogP contribution in [0.2, 0.25) is 0 Å². The summed E-state index contributed by atoms with van der Waals surface area (Å²) in [5.41, 5.74) is 2.76. The van der Waals surface area contributed by atoms with Gasteiger partial charge in [-0.2, -0.15) is 5.10 Å². The number of hydrogen-bond acceptors (Lipinski definition) is 5. The molecule has 2 heterocycles. The molecule has 2 aromatic carbocycles. The third kappa shape index (κ3) is 4.23. The Hall–Kier alpha value is -2.97. The highest BCUT2D eigenvalue weighted by molar-refractivity contribution is 7.92. The maximum Gasteiger partial charge on any atom is 0.284 e. The van der Waals surface area contributed by atoms with Crippen molar-refractivity contribution in [1.82, 2.24) is 5.01 Å². The predicted molar refractivity (Wildman–Crippen MR) is 116 cm³/mol. The van der Waals surface area contributed by atoms with Crippen molar-refractivity contribution in [3.8, 4) is 0 Å². The maximum atomic E-state index is 13.1. The number of anilines is 1. The predicted octanol–water partition coefficient (Wildman–Crippen LogP) is 4.11. The highest BCUT2D eigenvalue weighted by Crippen LogP contribution is 2.36. The summed E-state index contributed by atoms with van der Waals surface area (Å²) in [6, 6.07) is 20.2. The topological polar surface area (TPSA) is 78.8 Å². The Morgan fingerprint density at radius 3 is 2.48 bits per heavy atom. The van der Waals surface area contributed by atoms with Crippen molar-refractivity contribution in [2.45, 2.75) is 12.5 Å². The van der Waals surface area contributed by atoms with Crippen LogP contribution in [-0.4, -0.2) is 31.3 Å². The van der Waals surface area contributed by atoms with Gasteiger partial charge in [-0.05, 0) is 23.1 Å². The van der Waals surface area contributed by atoms with Crippen LogP contribution in [0.25, 0.3) is 0 Å². The lowest BCUT2D eigenvalue weighted by atomic mass is 9.97. The van der Waals surface area contributed by atoms with Gasteiger partial charge in [0.15, 0.2) is 0 Å². The van der Waals surface area contributed by atoms with Crippen molar-refractivity contribution in [2.75, 3.05) is 11.0 Å². The van der Waals surface area contributed by atoms with Gasteiger partial charge in [-0.15, -0.1) is 11.3 Å². The van der Waals surface area contributed by atoms with Gasteiger partial charge in [-0.25, -0.2) is 13.4 Å². The van der Waals surface area contributed by atoms with Gasteiger partial charge in [0.25, 0.3) is 5.91 Å². The van der Waals surface area contributed by atoms with E-state index in [1.807, 2.05) is 53.9 Å². The molecule has 1 unspecified atom stereocenters. The quantitative estimate of drug-likeness (QED) is 0.668. The molecule has 1 aliphatic heterocycles. The normalized spacial score (nSPS) is 16.5. The lowest BCUT2D eigenvalue weighted by molar-refractivity contribution is 0.0716. The largest absolute Gasteiger partial charge is 0.284 e. The first-order chi connectivity index (χ1) is 13.9. The van der Waals surface area contributed by atoms with Crippen molar-refractivity contribution in [3.05, 3.63) is 88.1 Å². The van der Waals surface area contributed by atoms with Gasteiger partial charge in [-0.3, -0.25) is 9.52 Å². The van der Waals surface area contributed by atoms with Gasteiger partial charge in [0.2, 0.25) is 10.0 Å². The molecule has 0 saturated heterocycles. The van der Waals surface area contributed by atoms with Crippen LogP contribution in [0.1, 0.15) is 33.3 Å². The first-order valence-corrected chi connectivity index (χ1v) is 11.8. The molecule has 1 aromatic heterocycles. The Balaban J connectivity index is 1.76. The van der Waals surface area contributed by atoms with E-state index in [2.05, 4.69) is 9.82 Å². The molecule has 6 nitrogen and oxygen atoms in total. The second kappa shape index (κ2) is 7.81. The molecule has 29 heavy (non-hydrogen) atoms. The number of carbonyl (C=O) groups is 1. The summed E-state index contributed by atoms with van der Waals surface area (Å²) in [6.45, 7) is 0. The summed E-state index contributed by atoms with van der Waals surface area (Å²) in [7, 11) is -3.44. The van der Waals surface area contributed by atoms with Crippen molar-refractivity contribution in [1.29, 1.82) is 0 Å². The number of carbonyl (C=O) groups excluding carboxylic acids is 1. The Bertz CT molecular complexity index is 1160. The fraction of sp³-hybridized carbons (Fsp3) is 0.143. The summed E-state index contributed by atoms with van der Waals surface area (Å²) in [6.07, 6.45) is 1.60. The zero-order valence-corrected chi connectivity index (χ0v) is 17.3. The number of sulfonamides is 1. The van der Waals surface area contributed by atoms with Crippen LogP contribution in [-0.2, 0) is 10.0 Å². The third-order valence-electron chi connectivity index (χ3n) is 4.57. The molecular weight excluding hydrogens is 406 g/mol. The number of amides is 1. The zero-order valence-electron chi connectivity index (χ0n) is 15.6. The smallest absolute Gasteiger partial charge is 0.283 e. The lowest BCUT2D eigenvalue weighted by Gasteiger charge is -2.21. The maximum absolute atomic E-state index is 13.1. The molecule has 0 bridgehead atoms. The number of para-hydroxylation sites is 1. The lowest BCUT2D eigenvalue weighted by Crippen LogP contribution is -2.26. The fourth-order valence-electron chi connectivity index (χ4n) is 3.33. The van der Waals surface area contributed by atoms with Gasteiger partial charge in [0.05, 0.1) is 28.6 Å². The average molecular weight is 426 g/mol.